The van der Waals surface area contributed by atoms with Crippen molar-refractivity contribution in [3.63, 3.8) is 0 Å². The molecule has 7 heteroatoms. The van der Waals surface area contributed by atoms with Crippen molar-refractivity contribution < 1.29 is 4.79 Å². The molecule has 5 rings (SSSR count). The Kier molecular flexibility index (Phi) is 6.62. The number of nitrogens with zero attached hydrogens (tertiary/aromatic N) is 5. The Balaban J connectivity index is 1.29. The number of para-hydroxylation sites is 1. The molecule has 1 aliphatic heterocycles. The molecule has 0 saturated carbocycles. The molecule has 1 saturated heterocycles. The van der Waals surface area contributed by atoms with Gasteiger partial charge in [-0.2, -0.15) is 0 Å². The van der Waals surface area contributed by atoms with Crippen LogP contribution >= 0.6 is 11.8 Å². The van der Waals surface area contributed by atoms with Crippen LogP contribution in [-0.2, 0) is 4.79 Å². The number of hydrogen-bond acceptors (Lipinski definition) is 5. The quantitative estimate of drug-likeness (QED) is 0.384. The predicted molar refractivity (Wildman–Crippen MR) is 137 cm³/mol. The van der Waals surface area contributed by atoms with Crippen molar-refractivity contribution in [3.05, 3.63) is 90.5 Å². The largest absolute Gasteiger partial charge is 0.368 e. The van der Waals surface area contributed by atoms with Gasteiger partial charge in [-0.05, 0) is 31.2 Å². The fourth-order valence-electron chi connectivity index (χ4n) is 4.13. The Bertz CT molecular complexity index is 1230. The molecule has 1 aromatic heterocycles. The lowest BCUT2D eigenvalue weighted by atomic mass is 10.2. The van der Waals surface area contributed by atoms with E-state index in [1.807, 2.05) is 45.9 Å². The van der Waals surface area contributed by atoms with Crippen LogP contribution in [-0.4, -0.2) is 57.5 Å². The van der Waals surface area contributed by atoms with E-state index in [1.54, 1.807) is 0 Å². The highest BCUT2D eigenvalue weighted by Gasteiger charge is 2.23. The van der Waals surface area contributed by atoms with E-state index in [9.17, 15) is 4.79 Å². The fourth-order valence-corrected chi connectivity index (χ4v) is 4.99. The zero-order valence-electron chi connectivity index (χ0n) is 19.2. The van der Waals surface area contributed by atoms with Gasteiger partial charge in [-0.1, -0.05) is 78.0 Å². The van der Waals surface area contributed by atoms with E-state index in [2.05, 4.69) is 70.6 Å². The van der Waals surface area contributed by atoms with Crippen molar-refractivity contribution in [3.8, 4) is 17.1 Å². The SMILES string of the molecule is Cc1ccc(-n2c(SCC(=O)N3CCN(c4ccccc4)CC3)nnc2-c2ccccc2)cc1. The van der Waals surface area contributed by atoms with Crippen molar-refractivity contribution >= 4 is 23.4 Å². The van der Waals surface area contributed by atoms with Gasteiger partial charge in [0, 0.05) is 43.1 Å². The Hall–Kier alpha value is -3.58. The number of hydrogen-bond donors (Lipinski definition) is 0. The van der Waals surface area contributed by atoms with Crippen LogP contribution in [0.1, 0.15) is 5.56 Å². The van der Waals surface area contributed by atoms with Gasteiger partial charge in [0.2, 0.25) is 5.91 Å². The monoisotopic (exact) mass is 469 g/mol. The lowest BCUT2D eigenvalue weighted by Gasteiger charge is -2.36. The van der Waals surface area contributed by atoms with Crippen LogP contribution in [0.5, 0.6) is 0 Å². The van der Waals surface area contributed by atoms with E-state index in [0.717, 1.165) is 48.4 Å². The molecule has 1 amide bonds. The number of carbonyl (C=O) groups excluding carboxylic acids is 1. The molecule has 34 heavy (non-hydrogen) atoms. The van der Waals surface area contributed by atoms with Crippen LogP contribution in [0.15, 0.2) is 90.1 Å². The summed E-state index contributed by atoms with van der Waals surface area (Å²) in [6, 6.07) is 28.7. The fraction of sp³-hybridized carbons (Fsp3) is 0.222. The predicted octanol–water partition coefficient (Wildman–Crippen LogP) is 4.68. The smallest absolute Gasteiger partial charge is 0.233 e. The molecule has 3 aromatic carbocycles. The summed E-state index contributed by atoms with van der Waals surface area (Å²) in [5, 5.41) is 9.66. The van der Waals surface area contributed by atoms with Crippen LogP contribution in [0, 0.1) is 6.92 Å². The van der Waals surface area contributed by atoms with E-state index >= 15 is 0 Å². The summed E-state index contributed by atoms with van der Waals surface area (Å²) in [6.45, 7) is 5.22. The second kappa shape index (κ2) is 10.1. The number of aryl methyl sites for hydroxylation is 1. The lowest BCUT2D eigenvalue weighted by molar-refractivity contribution is -0.128. The van der Waals surface area contributed by atoms with Crippen molar-refractivity contribution in [1.29, 1.82) is 0 Å². The zero-order chi connectivity index (χ0) is 23.3. The highest BCUT2D eigenvalue weighted by Crippen LogP contribution is 2.28. The molecule has 0 spiro atoms. The maximum Gasteiger partial charge on any atom is 0.233 e. The van der Waals surface area contributed by atoms with Crippen LogP contribution < -0.4 is 4.90 Å². The third kappa shape index (κ3) is 4.84. The molecule has 0 N–H and O–H groups in total. The van der Waals surface area contributed by atoms with Gasteiger partial charge in [0.05, 0.1) is 5.75 Å². The third-order valence-corrected chi connectivity index (χ3v) is 6.95. The van der Waals surface area contributed by atoms with E-state index < -0.39 is 0 Å². The number of anilines is 1. The van der Waals surface area contributed by atoms with Crippen LogP contribution in [0.25, 0.3) is 17.1 Å². The molecule has 0 bridgehead atoms. The number of aromatic nitrogens is 3. The van der Waals surface area contributed by atoms with Crippen LogP contribution in [0.3, 0.4) is 0 Å². The number of piperazine rings is 1. The Labute approximate surface area is 204 Å². The van der Waals surface area contributed by atoms with Crippen molar-refractivity contribution in [2.75, 3.05) is 36.8 Å². The van der Waals surface area contributed by atoms with E-state index in [0.29, 0.717) is 5.75 Å². The average Bonchev–Trinajstić information content (AvgIpc) is 3.33. The summed E-state index contributed by atoms with van der Waals surface area (Å²) in [4.78, 5) is 17.3. The molecule has 1 fully saturated rings. The van der Waals surface area contributed by atoms with Gasteiger partial charge < -0.3 is 9.80 Å². The number of rotatable bonds is 6. The first-order chi connectivity index (χ1) is 16.7. The maximum absolute atomic E-state index is 13.0. The second-order valence-corrected chi connectivity index (χ2v) is 9.28. The van der Waals surface area contributed by atoms with Crippen LogP contribution in [0.4, 0.5) is 5.69 Å². The van der Waals surface area contributed by atoms with Gasteiger partial charge in [-0.3, -0.25) is 9.36 Å². The van der Waals surface area contributed by atoms with Crippen molar-refractivity contribution in [1.82, 2.24) is 19.7 Å². The lowest BCUT2D eigenvalue weighted by Crippen LogP contribution is -2.49. The number of thioether (sulfide) groups is 1. The van der Waals surface area contributed by atoms with Gasteiger partial charge in [-0.15, -0.1) is 10.2 Å². The van der Waals surface area contributed by atoms with Gasteiger partial charge >= 0.3 is 0 Å². The molecule has 0 radical (unpaired) electrons. The minimum Gasteiger partial charge on any atom is -0.368 e. The van der Waals surface area contributed by atoms with E-state index in [-0.39, 0.29) is 5.91 Å². The standard InChI is InChI=1S/C27H27N5OS/c1-21-12-14-24(15-13-21)32-26(22-8-4-2-5-9-22)28-29-27(32)34-20-25(33)31-18-16-30(17-19-31)23-10-6-3-7-11-23/h2-15H,16-20H2,1H3. The zero-order valence-corrected chi connectivity index (χ0v) is 20.0. The molecule has 6 nitrogen and oxygen atoms in total. The molecular formula is C27H27N5OS. The second-order valence-electron chi connectivity index (χ2n) is 8.34. The van der Waals surface area contributed by atoms with Crippen molar-refractivity contribution in [2.24, 2.45) is 0 Å². The molecule has 0 atom stereocenters. The highest BCUT2D eigenvalue weighted by molar-refractivity contribution is 7.99. The number of benzene rings is 3. The normalized spacial score (nSPS) is 13.8. The molecular weight excluding hydrogens is 442 g/mol. The molecule has 4 aromatic rings. The number of carbonyl (C=O) groups is 1. The summed E-state index contributed by atoms with van der Waals surface area (Å²) in [5.41, 5.74) is 4.38. The van der Waals surface area contributed by atoms with Gasteiger partial charge in [0.15, 0.2) is 11.0 Å². The summed E-state index contributed by atoms with van der Waals surface area (Å²) >= 11 is 1.45. The topological polar surface area (TPSA) is 54.3 Å². The molecule has 0 unspecified atom stereocenters. The minimum atomic E-state index is 0.137. The van der Waals surface area contributed by atoms with Crippen molar-refractivity contribution in [2.45, 2.75) is 12.1 Å². The average molecular weight is 470 g/mol. The van der Waals surface area contributed by atoms with Gasteiger partial charge in [0.25, 0.3) is 0 Å². The Morgan fingerprint density at radius 2 is 1.44 bits per heavy atom. The third-order valence-electron chi connectivity index (χ3n) is 6.04. The molecule has 172 valence electrons. The Morgan fingerprint density at radius 3 is 2.12 bits per heavy atom. The first-order valence-electron chi connectivity index (χ1n) is 11.5. The molecule has 0 aliphatic carbocycles. The summed E-state index contributed by atoms with van der Waals surface area (Å²) < 4.78 is 2.04. The maximum atomic E-state index is 13.0. The highest BCUT2D eigenvalue weighted by atomic mass is 32.2. The Morgan fingerprint density at radius 1 is 0.794 bits per heavy atom. The summed E-state index contributed by atoms with van der Waals surface area (Å²) in [5.74, 6) is 1.25. The first kappa shape index (κ1) is 22.2. The van der Waals surface area contributed by atoms with Crippen LogP contribution in [0.2, 0.25) is 0 Å². The summed E-state index contributed by atoms with van der Waals surface area (Å²) in [6.07, 6.45) is 0. The van der Waals surface area contributed by atoms with Gasteiger partial charge in [0.1, 0.15) is 0 Å². The minimum absolute atomic E-state index is 0.137. The molecule has 2 heterocycles. The molecule has 1 aliphatic rings. The van der Waals surface area contributed by atoms with E-state index in [1.165, 1.54) is 23.0 Å². The number of amides is 1. The van der Waals surface area contributed by atoms with E-state index in [4.69, 9.17) is 0 Å². The first-order valence-corrected chi connectivity index (χ1v) is 12.5. The van der Waals surface area contributed by atoms with Gasteiger partial charge in [-0.25, -0.2) is 0 Å². The summed E-state index contributed by atoms with van der Waals surface area (Å²) in [7, 11) is 0.